The molecule has 0 amide bonds. The van der Waals surface area contributed by atoms with Crippen molar-refractivity contribution in [1.82, 2.24) is 14.8 Å². The average Bonchev–Trinajstić information content (AvgIpc) is 2.54. The standard InChI is InChI=1S/C16H18F3N5/c1-11-13-10-12(16(17,18)19)4-5-14(13)21-15(24(11)20-2)23-8-6-22(3)7-9-23/h4-5,10H,1-2,6-9H2,3H3. The van der Waals surface area contributed by atoms with Gasteiger partial charge >= 0.3 is 6.18 Å². The molecule has 24 heavy (non-hydrogen) atoms. The number of alkyl halides is 3. The SMILES string of the molecule is C=NN1C(=C)c2cc(C(F)(F)F)ccc2N=C1N1CCN(C)CC1. The summed E-state index contributed by atoms with van der Waals surface area (Å²) in [6, 6.07) is 3.47. The van der Waals surface area contributed by atoms with Crippen molar-refractivity contribution in [2.24, 2.45) is 10.1 Å². The molecule has 1 fully saturated rings. The van der Waals surface area contributed by atoms with E-state index < -0.39 is 11.7 Å². The molecular weight excluding hydrogens is 319 g/mol. The molecule has 8 heteroatoms. The number of hydrogen-bond acceptors (Lipinski definition) is 5. The lowest BCUT2D eigenvalue weighted by molar-refractivity contribution is -0.137. The number of likely N-dealkylation sites (N-methyl/N-ethyl adjacent to an activating group) is 1. The Hall–Kier alpha value is -2.35. The molecule has 128 valence electrons. The highest BCUT2D eigenvalue weighted by atomic mass is 19.4. The molecule has 0 aromatic heterocycles. The summed E-state index contributed by atoms with van der Waals surface area (Å²) < 4.78 is 38.8. The number of benzene rings is 1. The van der Waals surface area contributed by atoms with Gasteiger partial charge in [0.2, 0.25) is 5.96 Å². The molecule has 1 saturated heterocycles. The quantitative estimate of drug-likeness (QED) is 0.739. The van der Waals surface area contributed by atoms with Crippen LogP contribution < -0.4 is 0 Å². The second-order valence-corrected chi connectivity index (χ2v) is 5.83. The van der Waals surface area contributed by atoms with Gasteiger partial charge in [-0.3, -0.25) is 0 Å². The fraction of sp³-hybridized carbons (Fsp3) is 0.375. The van der Waals surface area contributed by atoms with Crippen LogP contribution in [0.2, 0.25) is 0 Å². The van der Waals surface area contributed by atoms with Gasteiger partial charge < -0.3 is 9.80 Å². The second kappa shape index (κ2) is 5.94. The Morgan fingerprint density at radius 1 is 1.17 bits per heavy atom. The van der Waals surface area contributed by atoms with Gasteiger partial charge in [0.15, 0.2) is 0 Å². The Kier molecular flexibility index (Phi) is 4.08. The van der Waals surface area contributed by atoms with Gasteiger partial charge in [0.25, 0.3) is 0 Å². The van der Waals surface area contributed by atoms with Crippen LogP contribution in [0.3, 0.4) is 0 Å². The molecule has 5 nitrogen and oxygen atoms in total. The maximum Gasteiger partial charge on any atom is 0.416 e. The third-order valence-electron chi connectivity index (χ3n) is 4.23. The molecule has 0 saturated carbocycles. The van der Waals surface area contributed by atoms with Crippen LogP contribution in [-0.4, -0.2) is 60.7 Å². The van der Waals surface area contributed by atoms with Crippen LogP contribution in [0.1, 0.15) is 11.1 Å². The largest absolute Gasteiger partial charge is 0.416 e. The van der Waals surface area contributed by atoms with E-state index in [1.165, 1.54) is 11.1 Å². The number of rotatable bonds is 1. The van der Waals surface area contributed by atoms with Gasteiger partial charge in [0.1, 0.15) is 0 Å². The number of guanidine groups is 1. The van der Waals surface area contributed by atoms with Crippen molar-refractivity contribution < 1.29 is 13.2 Å². The summed E-state index contributed by atoms with van der Waals surface area (Å²) in [4.78, 5) is 8.75. The Morgan fingerprint density at radius 3 is 2.42 bits per heavy atom. The van der Waals surface area contributed by atoms with Crippen molar-refractivity contribution in [3.05, 3.63) is 35.9 Å². The first kappa shape index (κ1) is 16.5. The predicted octanol–water partition coefficient (Wildman–Crippen LogP) is 2.84. The number of fused-ring (bicyclic) bond motifs is 1. The zero-order chi connectivity index (χ0) is 17.5. The van der Waals surface area contributed by atoms with Crippen molar-refractivity contribution in [2.45, 2.75) is 6.18 Å². The van der Waals surface area contributed by atoms with E-state index in [2.05, 4.69) is 28.3 Å². The van der Waals surface area contributed by atoms with E-state index in [9.17, 15) is 13.2 Å². The molecule has 3 rings (SSSR count). The maximum absolute atomic E-state index is 12.9. The fourth-order valence-electron chi connectivity index (χ4n) is 2.79. The highest BCUT2D eigenvalue weighted by Gasteiger charge is 2.34. The Balaban J connectivity index is 2.01. The van der Waals surface area contributed by atoms with Gasteiger partial charge in [-0.1, -0.05) is 6.58 Å². The van der Waals surface area contributed by atoms with Crippen molar-refractivity contribution in [1.29, 1.82) is 0 Å². The van der Waals surface area contributed by atoms with E-state index in [1.54, 1.807) is 0 Å². The van der Waals surface area contributed by atoms with Crippen LogP contribution in [-0.2, 0) is 6.18 Å². The molecule has 1 aromatic rings. The first-order valence-corrected chi connectivity index (χ1v) is 7.50. The van der Waals surface area contributed by atoms with E-state index in [-0.39, 0.29) is 0 Å². The lowest BCUT2D eigenvalue weighted by Crippen LogP contribution is -2.51. The van der Waals surface area contributed by atoms with Gasteiger partial charge in [-0.2, -0.15) is 18.3 Å². The summed E-state index contributed by atoms with van der Waals surface area (Å²) in [5, 5.41) is 5.32. The smallest absolute Gasteiger partial charge is 0.338 e. The fourth-order valence-corrected chi connectivity index (χ4v) is 2.79. The van der Waals surface area contributed by atoms with Crippen LogP contribution in [0.25, 0.3) is 5.70 Å². The highest BCUT2D eigenvalue weighted by molar-refractivity contribution is 5.96. The van der Waals surface area contributed by atoms with Crippen molar-refractivity contribution in [2.75, 3.05) is 33.2 Å². The van der Waals surface area contributed by atoms with E-state index >= 15 is 0 Å². The van der Waals surface area contributed by atoms with Crippen molar-refractivity contribution >= 4 is 24.1 Å². The van der Waals surface area contributed by atoms with E-state index in [0.717, 1.165) is 38.3 Å². The van der Waals surface area contributed by atoms with Gasteiger partial charge in [-0.25, -0.2) is 10.0 Å². The summed E-state index contributed by atoms with van der Waals surface area (Å²) in [7, 11) is 2.04. The van der Waals surface area contributed by atoms with Crippen LogP contribution in [0.4, 0.5) is 18.9 Å². The molecule has 0 aliphatic carbocycles. The minimum Gasteiger partial charge on any atom is -0.338 e. The molecule has 0 unspecified atom stereocenters. The van der Waals surface area contributed by atoms with E-state index in [4.69, 9.17) is 0 Å². The lowest BCUT2D eigenvalue weighted by Gasteiger charge is -2.39. The third kappa shape index (κ3) is 2.89. The third-order valence-corrected chi connectivity index (χ3v) is 4.23. The molecule has 2 aliphatic rings. The molecule has 0 N–H and O–H groups in total. The summed E-state index contributed by atoms with van der Waals surface area (Å²) >= 11 is 0. The van der Waals surface area contributed by atoms with Crippen LogP contribution >= 0.6 is 0 Å². The second-order valence-electron chi connectivity index (χ2n) is 5.83. The molecule has 0 radical (unpaired) electrons. The molecule has 0 spiro atoms. The van der Waals surface area contributed by atoms with Gasteiger partial charge in [-0.15, -0.1) is 0 Å². The number of halogens is 3. The predicted molar refractivity (Wildman–Crippen MR) is 88.0 cm³/mol. The number of hydrazone groups is 1. The molecule has 0 atom stereocenters. The van der Waals surface area contributed by atoms with Gasteiger partial charge in [-0.05, 0) is 25.2 Å². The average molecular weight is 337 g/mol. The molecule has 1 aromatic carbocycles. The van der Waals surface area contributed by atoms with Crippen molar-refractivity contribution in [3.8, 4) is 0 Å². The minimum absolute atomic E-state index is 0.315. The molecular formula is C16H18F3N5. The normalized spacial score (nSPS) is 19.2. The highest BCUT2D eigenvalue weighted by Crippen LogP contribution is 2.38. The maximum atomic E-state index is 12.9. The van der Waals surface area contributed by atoms with Gasteiger partial charge in [0.05, 0.1) is 16.9 Å². The first-order valence-electron chi connectivity index (χ1n) is 7.50. The number of nitrogens with zero attached hydrogens (tertiary/aromatic N) is 5. The van der Waals surface area contributed by atoms with E-state index in [0.29, 0.717) is 22.9 Å². The number of aliphatic imine (C=N–C) groups is 1. The Morgan fingerprint density at radius 2 is 1.83 bits per heavy atom. The van der Waals surface area contributed by atoms with Crippen LogP contribution in [0.5, 0.6) is 0 Å². The lowest BCUT2D eigenvalue weighted by atomic mass is 10.0. The zero-order valence-electron chi connectivity index (χ0n) is 13.3. The number of piperazine rings is 1. The van der Waals surface area contributed by atoms with Gasteiger partial charge in [0, 0.05) is 38.5 Å². The molecule has 2 aliphatic heterocycles. The van der Waals surface area contributed by atoms with E-state index in [1.807, 2.05) is 11.9 Å². The number of hydrogen-bond donors (Lipinski definition) is 0. The molecule has 0 bridgehead atoms. The summed E-state index contributed by atoms with van der Waals surface area (Å²) in [5.74, 6) is 0.551. The Labute approximate surface area is 138 Å². The van der Waals surface area contributed by atoms with Crippen LogP contribution in [0.15, 0.2) is 34.9 Å². The first-order chi connectivity index (χ1) is 11.3. The monoisotopic (exact) mass is 337 g/mol. The minimum atomic E-state index is -4.41. The zero-order valence-corrected chi connectivity index (χ0v) is 13.3. The van der Waals surface area contributed by atoms with Crippen molar-refractivity contribution in [3.63, 3.8) is 0 Å². The summed E-state index contributed by atoms with van der Waals surface area (Å²) in [6.07, 6.45) is -4.41. The summed E-state index contributed by atoms with van der Waals surface area (Å²) in [5.41, 5.74) is 0.386. The van der Waals surface area contributed by atoms with Crippen LogP contribution in [0, 0.1) is 0 Å². The topological polar surface area (TPSA) is 34.4 Å². The summed E-state index contributed by atoms with van der Waals surface area (Å²) in [6.45, 7) is 10.7. The molecule has 2 heterocycles. The Bertz CT molecular complexity index is 702.